The van der Waals surface area contributed by atoms with E-state index in [1.54, 1.807) is 42.6 Å². The molecule has 1 heterocycles. The minimum Gasteiger partial charge on any atom is -0.508 e. The highest BCUT2D eigenvalue weighted by atomic mass is 32.2. The molecule has 16 heteroatoms. The lowest BCUT2D eigenvalue weighted by Crippen LogP contribution is -2.47. The van der Waals surface area contributed by atoms with Crippen molar-refractivity contribution in [3.8, 4) is 5.75 Å². The number of amides is 1. The number of rotatable bonds is 26. The summed E-state index contributed by atoms with van der Waals surface area (Å²) in [5.41, 5.74) is 18.0. The van der Waals surface area contributed by atoms with Gasteiger partial charge in [-0.3, -0.25) is 43.8 Å². The van der Waals surface area contributed by atoms with Crippen LogP contribution in [0.4, 0.5) is 0 Å². The average Bonchev–Trinajstić information content (AvgIpc) is 3.21. The number of thioether (sulfide) groups is 2. The lowest BCUT2D eigenvalue weighted by atomic mass is 9.74. The number of Topliss-reactive ketones (excluding diaryl/α,β-unsaturated/α-hetero) is 5. The van der Waals surface area contributed by atoms with Crippen molar-refractivity contribution in [3.05, 3.63) is 65.7 Å². The van der Waals surface area contributed by atoms with Gasteiger partial charge in [0.05, 0.1) is 37.6 Å². The Labute approximate surface area is 361 Å². The van der Waals surface area contributed by atoms with E-state index in [0.717, 1.165) is 11.1 Å². The first-order valence-corrected chi connectivity index (χ1v) is 22.9. The number of nitrogens with one attached hydrogen (secondary N) is 1. The van der Waals surface area contributed by atoms with Gasteiger partial charge in [-0.2, -0.15) is 0 Å². The number of ketones is 5. The summed E-state index contributed by atoms with van der Waals surface area (Å²) in [4.78, 5) is 93.6. The van der Waals surface area contributed by atoms with E-state index in [1.807, 2.05) is 30.3 Å². The van der Waals surface area contributed by atoms with Gasteiger partial charge in [-0.1, -0.05) is 49.4 Å². The zero-order chi connectivity index (χ0) is 44.2. The van der Waals surface area contributed by atoms with E-state index >= 15 is 0 Å². The summed E-state index contributed by atoms with van der Waals surface area (Å²) in [6, 6.07) is 13.3. The van der Waals surface area contributed by atoms with Gasteiger partial charge in [-0.05, 0) is 81.8 Å². The summed E-state index contributed by atoms with van der Waals surface area (Å²) in [6.45, 7) is 1.88. The van der Waals surface area contributed by atoms with Crippen molar-refractivity contribution in [1.29, 1.82) is 0 Å². The second-order valence-electron chi connectivity index (χ2n) is 16.1. The number of phenolic OH excluding ortho intramolecular Hbond substituents is 1. The van der Waals surface area contributed by atoms with Crippen molar-refractivity contribution in [2.45, 2.75) is 95.7 Å². The highest BCUT2D eigenvalue weighted by Crippen LogP contribution is 2.32. The Hall–Kier alpha value is -3.93. The number of aliphatic carboxylic acids is 1. The Morgan fingerprint density at radius 2 is 1.57 bits per heavy atom. The molecule has 2 aromatic carbocycles. The summed E-state index contributed by atoms with van der Waals surface area (Å²) < 4.78 is 0. The van der Waals surface area contributed by atoms with Crippen LogP contribution in [0.1, 0.15) is 75.8 Å². The summed E-state index contributed by atoms with van der Waals surface area (Å²) in [6.07, 6.45) is 1.61. The standard InChI is InChI=1S/C44H63N5O9S2/c1-44(23-30-7-4-3-5-8-30,19-18-37(51)31(9-6-20-45)12-16-38(52)35-27-60-28-59-26-34(46)40(54)24-48-35)41(55)25-49(2)36(22-42(56)57)39(53)17-13-32(43(47)58)21-29-10-14-33(50)15-11-29/h3-5,7-8,10-11,14-15,31-32,34-36,48,50H,6,9,12-13,16-28,45-46H2,1-2H3,(H2,47,58)(H,56,57)/t31-,32+,34+,35+,36+,44+/m1/s1. The molecule has 6 atom stereocenters. The van der Waals surface area contributed by atoms with Crippen LogP contribution in [0.3, 0.4) is 0 Å². The number of carbonyl (C=O) groups is 7. The van der Waals surface area contributed by atoms with Crippen LogP contribution in [0.15, 0.2) is 54.6 Å². The number of nitrogens with zero attached hydrogens (tertiary/aromatic N) is 1. The highest BCUT2D eigenvalue weighted by Gasteiger charge is 2.37. The normalized spacial score (nSPS) is 18.8. The van der Waals surface area contributed by atoms with Gasteiger partial charge in [-0.15, -0.1) is 23.5 Å². The van der Waals surface area contributed by atoms with Crippen molar-refractivity contribution in [3.63, 3.8) is 0 Å². The molecule has 330 valence electrons. The molecule has 0 radical (unpaired) electrons. The number of hydrogen-bond acceptors (Lipinski definition) is 14. The SMILES string of the molecule is CN(CC(=O)[C@@](C)(CCC(=O)[C@H](CCCN)CCC(=O)[C@@H]1CSCSC[C@H](N)C(=O)CN1)Cc1ccccc1)[C@@H](CC(=O)O)C(=O)CC[C@@H](Cc1ccc(O)cc1)C(N)=O. The molecule has 0 bridgehead atoms. The molecule has 2 aromatic rings. The monoisotopic (exact) mass is 869 g/mol. The van der Waals surface area contributed by atoms with Crippen LogP contribution in [0, 0.1) is 17.3 Å². The van der Waals surface area contributed by atoms with E-state index < -0.39 is 59.5 Å². The van der Waals surface area contributed by atoms with E-state index in [9.17, 15) is 43.8 Å². The van der Waals surface area contributed by atoms with E-state index in [-0.39, 0.29) is 80.5 Å². The zero-order valence-electron chi connectivity index (χ0n) is 34.9. The first-order valence-electron chi connectivity index (χ1n) is 20.5. The Morgan fingerprint density at radius 1 is 0.900 bits per heavy atom. The van der Waals surface area contributed by atoms with Crippen molar-refractivity contribution in [2.75, 3.05) is 43.3 Å². The number of aromatic hydroxyl groups is 1. The zero-order valence-corrected chi connectivity index (χ0v) is 36.5. The maximum atomic E-state index is 14.4. The van der Waals surface area contributed by atoms with Gasteiger partial charge in [-0.25, -0.2) is 0 Å². The number of phenols is 1. The maximum absolute atomic E-state index is 14.4. The number of carbonyl (C=O) groups excluding carboxylic acids is 6. The Balaban J connectivity index is 1.73. The van der Waals surface area contributed by atoms with Gasteiger partial charge >= 0.3 is 5.97 Å². The van der Waals surface area contributed by atoms with Crippen molar-refractivity contribution in [1.82, 2.24) is 10.2 Å². The number of benzene rings is 2. The minimum absolute atomic E-state index is 0.000492. The van der Waals surface area contributed by atoms with Gasteiger partial charge in [0.2, 0.25) is 5.91 Å². The number of nitrogens with two attached hydrogens (primary N) is 3. The molecule has 0 spiro atoms. The lowest BCUT2D eigenvalue weighted by molar-refractivity contribution is -0.142. The first kappa shape index (κ1) is 50.4. The first-order chi connectivity index (χ1) is 28.5. The van der Waals surface area contributed by atoms with E-state index in [2.05, 4.69) is 5.32 Å². The molecular weight excluding hydrogens is 807 g/mol. The van der Waals surface area contributed by atoms with Crippen molar-refractivity contribution >= 4 is 64.3 Å². The molecule has 1 amide bonds. The number of likely N-dealkylation sites (N-methyl/N-ethyl adjacent to an activating group) is 1. The second kappa shape index (κ2) is 25.8. The highest BCUT2D eigenvalue weighted by molar-refractivity contribution is 8.16. The van der Waals surface area contributed by atoms with Crippen LogP contribution in [0.2, 0.25) is 0 Å². The van der Waals surface area contributed by atoms with Crippen LogP contribution in [-0.4, -0.2) is 117 Å². The topological polar surface area (TPSA) is 253 Å². The minimum atomic E-state index is -1.23. The predicted octanol–water partition coefficient (Wildman–Crippen LogP) is 3.32. The van der Waals surface area contributed by atoms with Gasteiger partial charge in [0.15, 0.2) is 23.1 Å². The Kier molecular flexibility index (Phi) is 21.6. The van der Waals surface area contributed by atoms with Crippen molar-refractivity contribution in [2.24, 2.45) is 34.5 Å². The molecule has 9 N–H and O–H groups in total. The van der Waals surface area contributed by atoms with Crippen LogP contribution < -0.4 is 22.5 Å². The number of carboxylic acid groups (broad SMARTS) is 1. The lowest BCUT2D eigenvalue weighted by Gasteiger charge is -2.33. The Bertz CT molecular complexity index is 1750. The molecule has 1 fully saturated rings. The van der Waals surface area contributed by atoms with Crippen molar-refractivity contribution < 1.29 is 43.8 Å². The number of primary amides is 1. The molecule has 14 nitrogen and oxygen atoms in total. The van der Waals surface area contributed by atoms with Gasteiger partial charge in [0.1, 0.15) is 11.5 Å². The average molecular weight is 870 g/mol. The van der Waals surface area contributed by atoms with Gasteiger partial charge in [0.25, 0.3) is 0 Å². The fourth-order valence-corrected chi connectivity index (χ4v) is 9.58. The van der Waals surface area contributed by atoms with Crippen LogP contribution in [0.5, 0.6) is 5.75 Å². The van der Waals surface area contributed by atoms with Crippen LogP contribution >= 0.6 is 23.5 Å². The predicted molar refractivity (Wildman–Crippen MR) is 235 cm³/mol. The molecular formula is C44H63N5O9S2. The second-order valence-corrected chi connectivity index (χ2v) is 18.5. The quantitative estimate of drug-likeness (QED) is 0.0793. The fraction of sp³-hybridized carbons (Fsp3) is 0.568. The molecule has 60 heavy (non-hydrogen) atoms. The molecule has 0 unspecified atom stereocenters. The molecule has 1 saturated heterocycles. The van der Waals surface area contributed by atoms with Gasteiger partial charge in [0, 0.05) is 53.1 Å². The maximum Gasteiger partial charge on any atom is 0.305 e. The van der Waals surface area contributed by atoms with Crippen LogP contribution in [0.25, 0.3) is 0 Å². The largest absolute Gasteiger partial charge is 0.508 e. The third kappa shape index (κ3) is 17.2. The number of hydrogen-bond donors (Lipinski definition) is 6. The molecule has 1 aliphatic rings. The summed E-state index contributed by atoms with van der Waals surface area (Å²) in [5.74, 6) is -2.97. The third-order valence-corrected chi connectivity index (χ3v) is 13.8. The third-order valence-electron chi connectivity index (χ3n) is 11.3. The number of carboxylic acids is 1. The van der Waals surface area contributed by atoms with Crippen LogP contribution in [-0.2, 0) is 46.4 Å². The fourth-order valence-electron chi connectivity index (χ4n) is 7.36. The van der Waals surface area contributed by atoms with E-state index in [0.29, 0.717) is 48.8 Å². The Morgan fingerprint density at radius 3 is 2.22 bits per heavy atom. The van der Waals surface area contributed by atoms with E-state index in [4.69, 9.17) is 17.2 Å². The van der Waals surface area contributed by atoms with Gasteiger partial charge < -0.3 is 27.4 Å². The summed E-state index contributed by atoms with van der Waals surface area (Å²) in [5, 5.41) is 23.2. The molecule has 3 rings (SSSR count). The smallest absolute Gasteiger partial charge is 0.305 e. The molecule has 0 saturated carbocycles. The van der Waals surface area contributed by atoms with E-state index in [1.165, 1.54) is 24.1 Å². The molecule has 0 aromatic heterocycles. The summed E-state index contributed by atoms with van der Waals surface area (Å²) >= 11 is 3.16. The summed E-state index contributed by atoms with van der Waals surface area (Å²) in [7, 11) is 1.52. The molecule has 0 aliphatic carbocycles. The molecule has 1 aliphatic heterocycles.